The van der Waals surface area contributed by atoms with Crippen LogP contribution in [-0.4, -0.2) is 12.2 Å². The highest BCUT2D eigenvalue weighted by Gasteiger charge is 2.12. The van der Waals surface area contributed by atoms with Gasteiger partial charge in [0, 0.05) is 9.92 Å². The zero-order valence-corrected chi connectivity index (χ0v) is 11.3. The molecule has 0 N–H and O–H groups in total. The van der Waals surface area contributed by atoms with E-state index in [2.05, 4.69) is 0 Å². The number of benzene rings is 2. The number of carbonyl (C=O) groups excluding carboxylic acids is 1. The maximum atomic E-state index is 12.1. The van der Waals surface area contributed by atoms with Crippen LogP contribution in [0, 0.1) is 0 Å². The van der Waals surface area contributed by atoms with Gasteiger partial charge in [-0.15, -0.1) is 0 Å². The normalized spacial score (nSPS) is 10.1. The van der Waals surface area contributed by atoms with E-state index in [4.69, 9.17) is 16.3 Å². The predicted octanol–water partition coefficient (Wildman–Crippen LogP) is 4.28. The number of para-hydroxylation sites is 1. The first-order valence-electron chi connectivity index (χ1n) is 5.31. The molecule has 0 aliphatic heterocycles. The molecule has 0 radical (unpaired) electrons. The van der Waals surface area contributed by atoms with Crippen LogP contribution in [0.1, 0.15) is 10.4 Å². The van der Waals surface area contributed by atoms with Crippen molar-refractivity contribution in [3.8, 4) is 5.75 Å². The summed E-state index contributed by atoms with van der Waals surface area (Å²) in [4.78, 5) is 13.0. The Morgan fingerprint density at radius 2 is 1.78 bits per heavy atom. The highest BCUT2D eigenvalue weighted by atomic mass is 35.5. The van der Waals surface area contributed by atoms with Gasteiger partial charge in [-0.1, -0.05) is 23.7 Å². The van der Waals surface area contributed by atoms with Crippen LogP contribution in [0.4, 0.5) is 0 Å². The second-order valence-electron chi connectivity index (χ2n) is 3.54. The average Bonchev–Trinajstić information content (AvgIpc) is 2.41. The summed E-state index contributed by atoms with van der Waals surface area (Å²) in [6.07, 6.45) is 0. The number of hydrogen-bond donors (Lipinski definition) is 0. The number of carbonyl (C=O) groups is 1. The molecule has 2 aromatic rings. The van der Waals surface area contributed by atoms with Crippen LogP contribution < -0.4 is 4.74 Å². The fourth-order valence-corrected chi connectivity index (χ4v) is 2.37. The first-order chi connectivity index (χ1) is 8.70. The largest absolute Gasteiger partial charge is 0.496 e. The minimum absolute atomic E-state index is 0.0465. The second-order valence-corrected chi connectivity index (χ2v) is 5.03. The summed E-state index contributed by atoms with van der Waals surface area (Å²) in [5.41, 5.74) is 0.569. The SMILES string of the molecule is COc1ccccc1C(=O)Sc1ccc(Cl)cc1. The van der Waals surface area contributed by atoms with E-state index in [9.17, 15) is 4.79 Å². The van der Waals surface area contributed by atoms with E-state index >= 15 is 0 Å². The van der Waals surface area contributed by atoms with Crippen LogP contribution in [-0.2, 0) is 0 Å². The number of thioether (sulfide) groups is 1. The molecule has 2 rings (SSSR count). The Kier molecular flexibility index (Phi) is 4.28. The molecule has 0 fully saturated rings. The predicted molar refractivity (Wildman–Crippen MR) is 74.6 cm³/mol. The van der Waals surface area contributed by atoms with Crippen molar-refractivity contribution in [3.05, 3.63) is 59.1 Å². The quantitative estimate of drug-likeness (QED) is 0.784. The average molecular weight is 279 g/mol. The number of hydrogen-bond acceptors (Lipinski definition) is 3. The molecule has 0 bridgehead atoms. The Morgan fingerprint density at radius 3 is 2.44 bits per heavy atom. The Hall–Kier alpha value is -1.45. The van der Waals surface area contributed by atoms with Gasteiger partial charge in [0.05, 0.1) is 12.7 Å². The van der Waals surface area contributed by atoms with E-state index < -0.39 is 0 Å². The summed E-state index contributed by atoms with van der Waals surface area (Å²) < 4.78 is 5.17. The molecule has 0 saturated heterocycles. The summed E-state index contributed by atoms with van der Waals surface area (Å²) in [5, 5.41) is 0.610. The minimum Gasteiger partial charge on any atom is -0.496 e. The molecule has 0 aromatic heterocycles. The van der Waals surface area contributed by atoms with Crippen molar-refractivity contribution in [3.63, 3.8) is 0 Å². The summed E-state index contributed by atoms with van der Waals surface area (Å²) in [5.74, 6) is 0.587. The monoisotopic (exact) mass is 278 g/mol. The van der Waals surface area contributed by atoms with Crippen molar-refractivity contribution in [2.24, 2.45) is 0 Å². The molecular formula is C14H11ClO2S. The standard InChI is InChI=1S/C14H11ClO2S/c1-17-13-5-3-2-4-12(13)14(16)18-11-8-6-10(15)7-9-11/h2-9H,1H3. The van der Waals surface area contributed by atoms with Gasteiger partial charge in [0.2, 0.25) is 5.12 Å². The van der Waals surface area contributed by atoms with Gasteiger partial charge in [-0.3, -0.25) is 4.79 Å². The van der Waals surface area contributed by atoms with Crippen molar-refractivity contribution in [2.45, 2.75) is 4.90 Å². The lowest BCUT2D eigenvalue weighted by Gasteiger charge is -2.06. The zero-order valence-electron chi connectivity index (χ0n) is 9.72. The molecule has 18 heavy (non-hydrogen) atoms. The molecule has 0 saturated carbocycles. The molecule has 0 heterocycles. The Bertz CT molecular complexity index is 552. The number of ether oxygens (including phenoxy) is 1. The fourth-order valence-electron chi connectivity index (χ4n) is 1.48. The van der Waals surface area contributed by atoms with Crippen LogP contribution in [0.5, 0.6) is 5.75 Å². The lowest BCUT2D eigenvalue weighted by atomic mass is 10.2. The summed E-state index contributed by atoms with van der Waals surface area (Å²) >= 11 is 6.96. The fraction of sp³-hybridized carbons (Fsp3) is 0.0714. The highest BCUT2D eigenvalue weighted by molar-refractivity contribution is 8.14. The van der Waals surface area contributed by atoms with Gasteiger partial charge in [0.15, 0.2) is 0 Å². The molecule has 0 atom stereocenters. The van der Waals surface area contributed by atoms with E-state index in [0.717, 1.165) is 16.7 Å². The lowest BCUT2D eigenvalue weighted by molar-refractivity contribution is 0.108. The van der Waals surface area contributed by atoms with E-state index in [-0.39, 0.29) is 5.12 Å². The third-order valence-electron chi connectivity index (χ3n) is 2.35. The van der Waals surface area contributed by atoms with Crippen molar-refractivity contribution in [1.82, 2.24) is 0 Å². The van der Waals surface area contributed by atoms with Gasteiger partial charge in [0.1, 0.15) is 5.75 Å². The van der Waals surface area contributed by atoms with Crippen molar-refractivity contribution in [2.75, 3.05) is 7.11 Å². The highest BCUT2D eigenvalue weighted by Crippen LogP contribution is 2.28. The van der Waals surface area contributed by atoms with E-state index in [1.165, 1.54) is 0 Å². The van der Waals surface area contributed by atoms with Crippen LogP contribution in [0.3, 0.4) is 0 Å². The van der Waals surface area contributed by atoms with Crippen molar-refractivity contribution in [1.29, 1.82) is 0 Å². The van der Waals surface area contributed by atoms with Crippen LogP contribution >= 0.6 is 23.4 Å². The Labute approximate surface area is 115 Å². The topological polar surface area (TPSA) is 26.3 Å². The van der Waals surface area contributed by atoms with Gasteiger partial charge in [-0.05, 0) is 48.2 Å². The molecule has 0 aliphatic carbocycles. The minimum atomic E-state index is -0.0465. The van der Waals surface area contributed by atoms with Gasteiger partial charge >= 0.3 is 0 Å². The third-order valence-corrected chi connectivity index (χ3v) is 3.52. The molecule has 2 aromatic carbocycles. The van der Waals surface area contributed by atoms with Gasteiger partial charge in [-0.25, -0.2) is 0 Å². The molecule has 0 unspecified atom stereocenters. The molecule has 0 spiro atoms. The van der Waals surface area contributed by atoms with E-state index in [1.807, 2.05) is 24.3 Å². The molecule has 92 valence electrons. The van der Waals surface area contributed by atoms with Crippen molar-refractivity contribution < 1.29 is 9.53 Å². The number of methoxy groups -OCH3 is 1. The van der Waals surface area contributed by atoms with E-state index in [1.54, 1.807) is 31.4 Å². The summed E-state index contributed by atoms with van der Waals surface area (Å²) in [7, 11) is 1.55. The van der Waals surface area contributed by atoms with Crippen molar-refractivity contribution >= 4 is 28.5 Å². The summed E-state index contributed by atoms with van der Waals surface area (Å²) in [6.45, 7) is 0. The lowest BCUT2D eigenvalue weighted by Crippen LogP contribution is -1.97. The third kappa shape index (κ3) is 3.06. The molecule has 4 heteroatoms. The molecule has 0 amide bonds. The zero-order chi connectivity index (χ0) is 13.0. The first-order valence-corrected chi connectivity index (χ1v) is 6.51. The smallest absolute Gasteiger partial charge is 0.227 e. The van der Waals surface area contributed by atoms with Crippen LogP contribution in [0.2, 0.25) is 5.02 Å². The van der Waals surface area contributed by atoms with Gasteiger partial charge < -0.3 is 4.74 Å². The molecular weight excluding hydrogens is 268 g/mol. The number of rotatable bonds is 3. The van der Waals surface area contributed by atoms with Crippen LogP contribution in [0.25, 0.3) is 0 Å². The number of halogens is 1. The maximum Gasteiger partial charge on any atom is 0.227 e. The van der Waals surface area contributed by atoms with Gasteiger partial charge in [-0.2, -0.15) is 0 Å². The molecule has 2 nitrogen and oxygen atoms in total. The summed E-state index contributed by atoms with van der Waals surface area (Å²) in [6, 6.07) is 14.3. The van der Waals surface area contributed by atoms with Crippen LogP contribution in [0.15, 0.2) is 53.4 Å². The van der Waals surface area contributed by atoms with E-state index in [0.29, 0.717) is 16.3 Å². The van der Waals surface area contributed by atoms with Gasteiger partial charge in [0.25, 0.3) is 0 Å². The maximum absolute atomic E-state index is 12.1. The first kappa shape index (κ1) is 13.0. The molecule has 0 aliphatic rings. The second kappa shape index (κ2) is 5.94. The Morgan fingerprint density at radius 1 is 1.11 bits per heavy atom. The Balaban J connectivity index is 2.19.